The number of benzene rings is 3. The van der Waals surface area contributed by atoms with E-state index in [0.29, 0.717) is 23.5 Å². The van der Waals surface area contributed by atoms with Gasteiger partial charge in [-0.3, -0.25) is 14.6 Å². The number of likely N-dealkylation sites (tertiary alicyclic amines) is 1. The number of ether oxygens (including phenoxy) is 2. The highest BCUT2D eigenvalue weighted by Gasteiger charge is 2.66. The van der Waals surface area contributed by atoms with Crippen LogP contribution in [0.25, 0.3) is 0 Å². The Morgan fingerprint density at radius 1 is 0.980 bits per heavy atom. The molecule has 1 saturated carbocycles. The van der Waals surface area contributed by atoms with E-state index in [1.54, 1.807) is 6.07 Å². The number of hydrogen-bond acceptors (Lipinski definition) is 6. The Balaban J connectivity index is 1.13. The summed E-state index contributed by atoms with van der Waals surface area (Å²) < 4.78 is 12.9. The van der Waals surface area contributed by atoms with Crippen molar-refractivity contribution < 1.29 is 19.4 Å². The summed E-state index contributed by atoms with van der Waals surface area (Å²) >= 11 is 0. The fraction of sp³-hybridized carbons (Fsp3) is 0.512. The second kappa shape index (κ2) is 15.1. The predicted octanol–water partition coefficient (Wildman–Crippen LogP) is 8.04. The number of carbonyl (C=O) groups excluding carboxylic acids is 1. The number of aryl methyl sites for hydroxylation is 2. The van der Waals surface area contributed by atoms with E-state index in [-0.39, 0.29) is 29.3 Å². The zero-order chi connectivity index (χ0) is 33.8. The van der Waals surface area contributed by atoms with E-state index in [1.807, 2.05) is 6.08 Å². The maximum absolute atomic E-state index is 12.2. The van der Waals surface area contributed by atoms with Crippen molar-refractivity contribution >= 4 is 5.97 Å². The number of hydrogen-bond donors (Lipinski definition) is 1. The van der Waals surface area contributed by atoms with Crippen molar-refractivity contribution in [2.75, 3.05) is 26.2 Å². The van der Waals surface area contributed by atoms with E-state index >= 15 is 0 Å². The number of phenols is 1. The van der Waals surface area contributed by atoms with Gasteiger partial charge in [-0.2, -0.15) is 0 Å². The minimum atomic E-state index is -0.388. The highest BCUT2D eigenvalue weighted by atomic mass is 16.6. The van der Waals surface area contributed by atoms with E-state index < -0.39 is 0 Å². The number of rotatable bonds is 16. The van der Waals surface area contributed by atoms with Crippen molar-refractivity contribution in [3.63, 3.8) is 0 Å². The Morgan fingerprint density at radius 3 is 2.31 bits per heavy atom. The Hall–Kier alpha value is -3.61. The smallest absolute Gasteiger partial charge is 0.308 e. The largest absolute Gasteiger partial charge is 0.508 e. The molecule has 2 bridgehead atoms. The Bertz CT molecular complexity index is 1590. The number of esters is 1. The summed E-state index contributed by atoms with van der Waals surface area (Å²) in [5.74, 6) is 1.37. The van der Waals surface area contributed by atoms with Gasteiger partial charge in [0.15, 0.2) is 11.5 Å². The molecule has 2 aliphatic carbocycles. The molecular formula is C43H54N2O4. The van der Waals surface area contributed by atoms with Gasteiger partial charge in [0.25, 0.3) is 0 Å². The van der Waals surface area contributed by atoms with Gasteiger partial charge in [0, 0.05) is 48.2 Å². The van der Waals surface area contributed by atoms with E-state index in [9.17, 15) is 9.90 Å². The number of carbonyl (C=O) groups is 1. The summed E-state index contributed by atoms with van der Waals surface area (Å²) in [6, 6.07) is 23.9. The summed E-state index contributed by atoms with van der Waals surface area (Å²) in [5.41, 5.74) is 4.78. The molecule has 49 heavy (non-hydrogen) atoms. The Morgan fingerprint density at radius 2 is 1.63 bits per heavy atom. The molecule has 2 heterocycles. The minimum absolute atomic E-state index is 0.0306. The second-order valence-electron chi connectivity index (χ2n) is 14.9. The molecule has 7 rings (SSSR count). The molecular weight excluding hydrogens is 608 g/mol. The van der Waals surface area contributed by atoms with Crippen LogP contribution in [0, 0.1) is 5.92 Å². The highest BCUT2D eigenvalue weighted by molar-refractivity contribution is 5.73. The number of piperidine rings is 1. The van der Waals surface area contributed by atoms with Crippen molar-refractivity contribution in [1.82, 2.24) is 9.80 Å². The van der Waals surface area contributed by atoms with Crippen LogP contribution < -0.4 is 9.47 Å². The lowest BCUT2D eigenvalue weighted by molar-refractivity contribution is -0.132. The van der Waals surface area contributed by atoms with Crippen molar-refractivity contribution in [1.29, 1.82) is 0 Å². The lowest BCUT2D eigenvalue weighted by Crippen LogP contribution is -2.68. The van der Waals surface area contributed by atoms with Gasteiger partial charge >= 0.3 is 5.97 Å². The number of phenolic OH excluding ortho intramolecular Hbond substituents is 1. The highest BCUT2D eigenvalue weighted by Crippen LogP contribution is 2.65. The molecule has 1 N–H and O–H groups in total. The summed E-state index contributed by atoms with van der Waals surface area (Å²) in [6.07, 6.45) is 15.4. The first kappa shape index (κ1) is 33.9. The van der Waals surface area contributed by atoms with Crippen molar-refractivity contribution in [3.8, 4) is 17.2 Å². The lowest BCUT2D eigenvalue weighted by atomic mass is 9.50. The third kappa shape index (κ3) is 6.79. The van der Waals surface area contributed by atoms with Crippen LogP contribution in [0.2, 0.25) is 0 Å². The van der Waals surface area contributed by atoms with Gasteiger partial charge in [-0.15, -0.1) is 6.58 Å². The van der Waals surface area contributed by atoms with Crippen LogP contribution in [-0.4, -0.2) is 65.2 Å². The maximum atomic E-state index is 12.2. The van der Waals surface area contributed by atoms with Crippen LogP contribution in [0.5, 0.6) is 17.2 Å². The van der Waals surface area contributed by atoms with Gasteiger partial charge in [0.2, 0.25) is 0 Å². The summed E-state index contributed by atoms with van der Waals surface area (Å²) in [6.45, 7) is 9.46. The number of aromatic hydroxyl groups is 1. The predicted molar refractivity (Wildman–Crippen MR) is 195 cm³/mol. The fourth-order valence-corrected chi connectivity index (χ4v) is 10.0. The standard InChI is InChI=1S/C43H54N2O4/c1-3-25-44-28-24-43-35-22-23-36(42(43)49-41-39(48-31(2)46)30-38(47)34(40(41)43)29-37(35)44)45(27-15-13-21-33-19-11-7-12-20-33)26-14-5-4-8-16-32-17-9-6-10-18-32/h3,6-7,9-12,17-20,30,35-37,42,47H,1,4-5,8,13-16,21-29H2,2H3/t35-,36-,37+,42-,43-/m0/s1. The molecule has 2 aliphatic heterocycles. The summed E-state index contributed by atoms with van der Waals surface area (Å²) in [4.78, 5) is 17.6. The molecule has 260 valence electrons. The fourth-order valence-electron chi connectivity index (χ4n) is 10.0. The quantitative estimate of drug-likeness (QED) is 0.0725. The SMILES string of the molecule is C=CCN1CC[C@]23c4c5c(O)cc(OC(C)=O)c4O[C@H]2[C@@H](N(CCCCCCc2ccccc2)CCCCc2ccccc2)CC[C@H]3[C@H]1C5. The van der Waals surface area contributed by atoms with Gasteiger partial charge in [-0.1, -0.05) is 79.6 Å². The number of nitrogens with zero attached hydrogens (tertiary/aromatic N) is 2. The molecule has 1 saturated heterocycles. The maximum Gasteiger partial charge on any atom is 0.308 e. The van der Waals surface area contributed by atoms with Crippen molar-refractivity contribution in [3.05, 3.63) is 102 Å². The molecule has 0 amide bonds. The van der Waals surface area contributed by atoms with Gasteiger partial charge in [0.05, 0.1) is 0 Å². The zero-order valence-corrected chi connectivity index (χ0v) is 29.3. The Kier molecular flexibility index (Phi) is 10.4. The van der Waals surface area contributed by atoms with Crippen LogP contribution in [-0.2, 0) is 29.5 Å². The molecule has 0 radical (unpaired) electrons. The molecule has 3 aromatic carbocycles. The van der Waals surface area contributed by atoms with E-state index in [0.717, 1.165) is 88.7 Å². The molecule has 4 aliphatic rings. The van der Waals surface area contributed by atoms with Crippen LogP contribution in [0.3, 0.4) is 0 Å². The first-order chi connectivity index (χ1) is 24.0. The van der Waals surface area contributed by atoms with Gasteiger partial charge in [0.1, 0.15) is 11.9 Å². The van der Waals surface area contributed by atoms with Gasteiger partial charge in [-0.05, 0) is 101 Å². The molecule has 0 unspecified atom stereocenters. The molecule has 5 atom stereocenters. The molecule has 0 aromatic heterocycles. The molecule has 6 nitrogen and oxygen atoms in total. The van der Waals surface area contributed by atoms with Gasteiger partial charge in [-0.25, -0.2) is 0 Å². The third-order valence-corrected chi connectivity index (χ3v) is 12.1. The van der Waals surface area contributed by atoms with Crippen LogP contribution in [0.1, 0.15) is 87.0 Å². The summed E-state index contributed by atoms with van der Waals surface area (Å²) in [7, 11) is 0. The number of unbranched alkanes of at least 4 members (excludes halogenated alkanes) is 4. The third-order valence-electron chi connectivity index (χ3n) is 12.1. The second-order valence-corrected chi connectivity index (χ2v) is 14.9. The monoisotopic (exact) mass is 662 g/mol. The topological polar surface area (TPSA) is 62.2 Å². The van der Waals surface area contributed by atoms with E-state index in [2.05, 4.69) is 77.0 Å². The first-order valence-corrected chi connectivity index (χ1v) is 18.9. The average Bonchev–Trinajstić information content (AvgIpc) is 3.45. The Labute approximate surface area is 293 Å². The summed E-state index contributed by atoms with van der Waals surface area (Å²) in [5, 5.41) is 11.4. The van der Waals surface area contributed by atoms with E-state index in [4.69, 9.17) is 9.47 Å². The molecule has 6 heteroatoms. The van der Waals surface area contributed by atoms with Crippen LogP contribution in [0.15, 0.2) is 79.4 Å². The molecule has 2 fully saturated rings. The molecule has 3 aromatic rings. The van der Waals surface area contributed by atoms with Crippen molar-refractivity contribution in [2.45, 2.75) is 108 Å². The van der Waals surface area contributed by atoms with Crippen molar-refractivity contribution in [2.24, 2.45) is 5.92 Å². The minimum Gasteiger partial charge on any atom is -0.508 e. The average molecular weight is 663 g/mol. The first-order valence-electron chi connectivity index (χ1n) is 18.9. The normalized spacial score (nSPS) is 25.1. The lowest BCUT2D eigenvalue weighted by Gasteiger charge is -2.60. The van der Waals surface area contributed by atoms with E-state index in [1.165, 1.54) is 43.7 Å². The zero-order valence-electron chi connectivity index (χ0n) is 29.3. The van der Waals surface area contributed by atoms with Crippen LogP contribution >= 0.6 is 0 Å². The molecule has 1 spiro atoms. The van der Waals surface area contributed by atoms with Crippen LogP contribution in [0.4, 0.5) is 0 Å². The van der Waals surface area contributed by atoms with Gasteiger partial charge < -0.3 is 14.6 Å².